The van der Waals surface area contributed by atoms with E-state index in [2.05, 4.69) is 10.0 Å². The number of halogens is 1. The summed E-state index contributed by atoms with van der Waals surface area (Å²) in [6, 6.07) is 4.86. The predicted molar refractivity (Wildman–Crippen MR) is 90.0 cm³/mol. The van der Waals surface area contributed by atoms with Crippen molar-refractivity contribution in [3.63, 3.8) is 0 Å². The van der Waals surface area contributed by atoms with E-state index in [-0.39, 0.29) is 16.9 Å². The Balaban J connectivity index is 2.46. The first kappa shape index (κ1) is 19.9. The highest BCUT2D eigenvalue weighted by molar-refractivity contribution is 7.89. The summed E-state index contributed by atoms with van der Waals surface area (Å²) >= 11 is 5.73. The summed E-state index contributed by atoms with van der Waals surface area (Å²) in [7, 11) is -3.76. The third-order valence-corrected chi connectivity index (χ3v) is 4.73. The summed E-state index contributed by atoms with van der Waals surface area (Å²) in [5.41, 5.74) is 0. The van der Waals surface area contributed by atoms with Gasteiger partial charge in [0.1, 0.15) is 0 Å². The van der Waals surface area contributed by atoms with Gasteiger partial charge in [0.05, 0.1) is 17.0 Å². The Kier molecular flexibility index (Phi) is 7.98. The maximum absolute atomic E-state index is 12.2. The molecule has 1 aromatic rings. The monoisotopic (exact) mass is 362 g/mol. The smallest absolute Gasteiger partial charge is 0.241 e. The number of benzene rings is 1. The Hall–Kier alpha value is -1.15. The minimum absolute atomic E-state index is 0.0619. The summed E-state index contributed by atoms with van der Waals surface area (Å²) in [6.45, 7) is 6.34. The second-order valence-electron chi connectivity index (χ2n) is 5.36. The van der Waals surface area contributed by atoms with Crippen molar-refractivity contribution in [1.82, 2.24) is 10.0 Å². The standard InChI is InChI=1S/C15H23ClN2O4S/c1-11(2)22-10-4-9-17-15(19)12(3)18-23(20,21)14-7-5-13(16)6-8-14/h5-8,11-12,18H,4,9-10H2,1-3H3,(H,17,19)/t12-/m1/s1. The average molecular weight is 363 g/mol. The summed E-state index contributed by atoms with van der Waals surface area (Å²) in [5.74, 6) is -0.382. The fraction of sp³-hybridized carbons (Fsp3) is 0.533. The van der Waals surface area contributed by atoms with Gasteiger partial charge in [-0.25, -0.2) is 8.42 Å². The normalized spacial score (nSPS) is 13.1. The molecule has 8 heteroatoms. The van der Waals surface area contributed by atoms with Crippen LogP contribution < -0.4 is 10.0 Å². The fourth-order valence-electron chi connectivity index (χ4n) is 1.72. The van der Waals surface area contributed by atoms with E-state index < -0.39 is 16.1 Å². The minimum atomic E-state index is -3.76. The van der Waals surface area contributed by atoms with Crippen LogP contribution >= 0.6 is 11.6 Å². The topological polar surface area (TPSA) is 84.5 Å². The van der Waals surface area contributed by atoms with Gasteiger partial charge in [-0.05, 0) is 51.5 Å². The first-order chi connectivity index (χ1) is 10.7. The summed E-state index contributed by atoms with van der Waals surface area (Å²) in [6.07, 6.45) is 0.816. The van der Waals surface area contributed by atoms with Crippen LogP contribution in [-0.4, -0.2) is 39.6 Å². The number of hydrogen-bond acceptors (Lipinski definition) is 4. The molecule has 0 aliphatic rings. The zero-order chi connectivity index (χ0) is 17.5. The lowest BCUT2D eigenvalue weighted by Gasteiger charge is -2.15. The van der Waals surface area contributed by atoms with Crippen LogP contribution in [0.3, 0.4) is 0 Å². The van der Waals surface area contributed by atoms with Crippen molar-refractivity contribution >= 4 is 27.5 Å². The van der Waals surface area contributed by atoms with Crippen LogP contribution in [-0.2, 0) is 19.6 Å². The van der Waals surface area contributed by atoms with Crippen molar-refractivity contribution in [2.75, 3.05) is 13.2 Å². The third-order valence-electron chi connectivity index (χ3n) is 2.92. The zero-order valence-electron chi connectivity index (χ0n) is 13.5. The van der Waals surface area contributed by atoms with Crippen LogP contribution in [0.1, 0.15) is 27.2 Å². The van der Waals surface area contributed by atoms with E-state index >= 15 is 0 Å². The Labute approximate surface area is 142 Å². The molecule has 0 fully saturated rings. The number of carbonyl (C=O) groups is 1. The van der Waals surface area contributed by atoms with Crippen molar-refractivity contribution in [3.8, 4) is 0 Å². The van der Waals surface area contributed by atoms with Gasteiger partial charge < -0.3 is 10.1 Å². The third kappa shape index (κ3) is 7.30. The average Bonchev–Trinajstić information content (AvgIpc) is 2.46. The number of hydrogen-bond donors (Lipinski definition) is 2. The Morgan fingerprint density at radius 2 is 1.83 bits per heavy atom. The largest absolute Gasteiger partial charge is 0.379 e. The molecule has 0 saturated heterocycles. The van der Waals surface area contributed by atoms with Crippen LogP contribution in [0.2, 0.25) is 5.02 Å². The number of sulfonamides is 1. The Morgan fingerprint density at radius 1 is 1.22 bits per heavy atom. The van der Waals surface area contributed by atoms with Crippen molar-refractivity contribution < 1.29 is 17.9 Å². The Bertz CT molecular complexity index is 602. The van der Waals surface area contributed by atoms with Crippen LogP contribution in [0.5, 0.6) is 0 Å². The quantitative estimate of drug-likeness (QED) is 0.657. The molecule has 0 radical (unpaired) electrons. The molecule has 23 heavy (non-hydrogen) atoms. The number of nitrogens with one attached hydrogen (secondary N) is 2. The first-order valence-corrected chi connectivity index (χ1v) is 9.25. The molecule has 0 aliphatic heterocycles. The highest BCUT2D eigenvalue weighted by Crippen LogP contribution is 2.14. The molecule has 0 spiro atoms. The van der Waals surface area contributed by atoms with E-state index in [9.17, 15) is 13.2 Å². The molecule has 1 amide bonds. The summed E-state index contributed by atoms with van der Waals surface area (Å²) in [5, 5.41) is 3.12. The predicted octanol–water partition coefficient (Wildman–Crippen LogP) is 1.94. The van der Waals surface area contributed by atoms with E-state index in [0.717, 1.165) is 0 Å². The number of carbonyl (C=O) groups excluding carboxylic acids is 1. The van der Waals surface area contributed by atoms with Gasteiger partial charge in [-0.1, -0.05) is 11.6 Å². The van der Waals surface area contributed by atoms with Gasteiger partial charge in [-0.15, -0.1) is 0 Å². The fourth-order valence-corrected chi connectivity index (χ4v) is 3.05. The molecule has 1 rings (SSSR count). The van der Waals surface area contributed by atoms with Crippen LogP contribution in [0.4, 0.5) is 0 Å². The molecule has 1 atom stereocenters. The molecule has 2 N–H and O–H groups in total. The van der Waals surface area contributed by atoms with Crippen molar-refractivity contribution in [2.24, 2.45) is 0 Å². The summed E-state index contributed by atoms with van der Waals surface area (Å²) < 4.78 is 32.0. The molecule has 0 bridgehead atoms. The molecule has 0 saturated carbocycles. The van der Waals surface area contributed by atoms with Gasteiger partial charge in [-0.3, -0.25) is 4.79 Å². The van der Waals surface area contributed by atoms with E-state index in [1.807, 2.05) is 13.8 Å². The molecule has 6 nitrogen and oxygen atoms in total. The van der Waals surface area contributed by atoms with Gasteiger partial charge in [0.15, 0.2) is 0 Å². The van der Waals surface area contributed by atoms with Crippen molar-refractivity contribution in [1.29, 1.82) is 0 Å². The van der Waals surface area contributed by atoms with Gasteiger partial charge in [0.25, 0.3) is 0 Å². The van der Waals surface area contributed by atoms with Gasteiger partial charge in [0.2, 0.25) is 15.9 Å². The molecule has 0 aromatic heterocycles. The lowest BCUT2D eigenvalue weighted by Crippen LogP contribution is -2.45. The Morgan fingerprint density at radius 3 is 2.39 bits per heavy atom. The first-order valence-electron chi connectivity index (χ1n) is 7.39. The van der Waals surface area contributed by atoms with Gasteiger partial charge >= 0.3 is 0 Å². The molecule has 0 unspecified atom stereocenters. The zero-order valence-corrected chi connectivity index (χ0v) is 15.1. The second-order valence-corrected chi connectivity index (χ2v) is 7.51. The van der Waals surface area contributed by atoms with Crippen LogP contribution in [0.15, 0.2) is 29.2 Å². The van der Waals surface area contributed by atoms with Crippen molar-refractivity contribution in [3.05, 3.63) is 29.3 Å². The lowest BCUT2D eigenvalue weighted by atomic mass is 10.3. The van der Waals surface area contributed by atoms with E-state index in [0.29, 0.717) is 24.6 Å². The number of amides is 1. The van der Waals surface area contributed by atoms with Crippen LogP contribution in [0.25, 0.3) is 0 Å². The van der Waals surface area contributed by atoms with Gasteiger partial charge in [-0.2, -0.15) is 4.72 Å². The lowest BCUT2D eigenvalue weighted by molar-refractivity contribution is -0.122. The molecule has 130 valence electrons. The maximum atomic E-state index is 12.2. The van der Waals surface area contributed by atoms with E-state index in [4.69, 9.17) is 16.3 Å². The maximum Gasteiger partial charge on any atom is 0.241 e. The molecular formula is C15H23ClN2O4S. The summed E-state index contributed by atoms with van der Waals surface area (Å²) in [4.78, 5) is 12.0. The highest BCUT2D eigenvalue weighted by Gasteiger charge is 2.21. The van der Waals surface area contributed by atoms with Crippen LogP contribution in [0, 0.1) is 0 Å². The SMILES string of the molecule is CC(C)OCCCNC(=O)[C@@H](C)NS(=O)(=O)c1ccc(Cl)cc1. The molecule has 0 aliphatic carbocycles. The molecule has 1 aromatic carbocycles. The van der Waals surface area contributed by atoms with E-state index in [1.165, 1.54) is 31.2 Å². The molecular weight excluding hydrogens is 340 g/mol. The molecule has 0 heterocycles. The van der Waals surface area contributed by atoms with E-state index in [1.54, 1.807) is 0 Å². The second kappa shape index (κ2) is 9.22. The minimum Gasteiger partial charge on any atom is -0.379 e. The highest BCUT2D eigenvalue weighted by atomic mass is 35.5. The number of ether oxygens (including phenoxy) is 1. The van der Waals surface area contributed by atoms with Gasteiger partial charge in [0, 0.05) is 18.2 Å². The van der Waals surface area contributed by atoms with Crippen molar-refractivity contribution in [2.45, 2.75) is 44.2 Å². The number of rotatable bonds is 9.